The predicted octanol–water partition coefficient (Wildman–Crippen LogP) is 15.7. The summed E-state index contributed by atoms with van der Waals surface area (Å²) in [7, 11) is 0. The zero-order valence-corrected chi connectivity index (χ0v) is 34.7. The van der Waals surface area contributed by atoms with E-state index < -0.39 is 0 Å². The minimum Gasteiger partial charge on any atom is -0.456 e. The highest BCUT2D eigenvalue weighted by molar-refractivity contribution is 6.24. The summed E-state index contributed by atoms with van der Waals surface area (Å²) in [5, 5.41) is 11.6. The Morgan fingerprint density at radius 1 is 0.323 bits per heavy atom. The molecule has 0 bridgehead atoms. The Balaban J connectivity index is 0.983. The van der Waals surface area contributed by atoms with E-state index in [1.807, 2.05) is 54.6 Å². The predicted molar refractivity (Wildman–Crippen MR) is 265 cm³/mol. The van der Waals surface area contributed by atoms with E-state index in [1.165, 1.54) is 32.3 Å². The molecular weight excluding hydrogens is 797 g/mol. The number of hydrogen-bond acceptors (Lipinski definition) is 5. The van der Waals surface area contributed by atoms with E-state index in [2.05, 4.69) is 156 Å². The van der Waals surface area contributed by atoms with Crippen LogP contribution in [0, 0.1) is 0 Å². The average molecular weight is 831 g/mol. The molecule has 10 aromatic carbocycles. The van der Waals surface area contributed by atoms with Gasteiger partial charge in [0.1, 0.15) is 22.3 Å². The molecule has 14 rings (SSSR count). The Morgan fingerprint density at radius 3 is 1.72 bits per heavy atom. The van der Waals surface area contributed by atoms with Gasteiger partial charge in [0.05, 0.1) is 11.0 Å². The van der Waals surface area contributed by atoms with Gasteiger partial charge in [-0.1, -0.05) is 152 Å². The highest BCUT2D eigenvalue weighted by Gasteiger charge is 2.21. The number of fused-ring (bicyclic) bond motifs is 13. The molecule has 0 atom stereocenters. The topological polar surface area (TPSA) is 69.9 Å². The quantitative estimate of drug-likeness (QED) is 0.173. The number of para-hydroxylation sites is 2. The van der Waals surface area contributed by atoms with Gasteiger partial charge in [-0.25, -0.2) is 15.0 Å². The normalized spacial score (nSPS) is 12.0. The van der Waals surface area contributed by atoms with Crippen molar-refractivity contribution in [3.05, 3.63) is 206 Å². The Bertz CT molecular complexity index is 4250. The van der Waals surface area contributed by atoms with Gasteiger partial charge < -0.3 is 13.4 Å². The fraction of sp³-hybridized carbons (Fsp3) is 0. The first-order chi connectivity index (χ1) is 32.2. The van der Waals surface area contributed by atoms with Crippen LogP contribution in [0.2, 0.25) is 0 Å². The van der Waals surface area contributed by atoms with Gasteiger partial charge in [0.15, 0.2) is 17.5 Å². The van der Waals surface area contributed by atoms with E-state index in [-0.39, 0.29) is 0 Å². The third-order valence-electron chi connectivity index (χ3n) is 13.0. The fourth-order valence-electron chi connectivity index (χ4n) is 10.1. The van der Waals surface area contributed by atoms with Crippen LogP contribution in [0.15, 0.2) is 215 Å². The summed E-state index contributed by atoms with van der Waals surface area (Å²) in [4.78, 5) is 15.4. The van der Waals surface area contributed by atoms with Crippen molar-refractivity contribution in [2.75, 3.05) is 0 Å². The van der Waals surface area contributed by atoms with E-state index in [0.29, 0.717) is 17.5 Å². The van der Waals surface area contributed by atoms with Crippen molar-refractivity contribution in [2.24, 2.45) is 0 Å². The minimum absolute atomic E-state index is 0.571. The van der Waals surface area contributed by atoms with Gasteiger partial charge in [0, 0.05) is 60.3 Å². The maximum atomic E-state index is 6.62. The minimum atomic E-state index is 0.571. The lowest BCUT2D eigenvalue weighted by Gasteiger charge is -2.14. The van der Waals surface area contributed by atoms with Gasteiger partial charge in [-0.05, 0) is 81.7 Å². The van der Waals surface area contributed by atoms with Crippen LogP contribution in [0.3, 0.4) is 0 Å². The number of rotatable bonds is 5. The molecule has 0 unspecified atom stereocenters. The van der Waals surface area contributed by atoms with Crippen molar-refractivity contribution in [1.82, 2.24) is 19.5 Å². The second-order valence-electron chi connectivity index (χ2n) is 16.7. The molecule has 0 N–H and O–H groups in total. The Hall–Kier alpha value is -8.87. The van der Waals surface area contributed by atoms with Crippen molar-refractivity contribution in [2.45, 2.75) is 0 Å². The molecule has 0 saturated heterocycles. The Kier molecular flexibility index (Phi) is 7.59. The van der Waals surface area contributed by atoms with Crippen molar-refractivity contribution in [1.29, 1.82) is 0 Å². The number of aromatic nitrogens is 4. The molecule has 0 amide bonds. The van der Waals surface area contributed by atoms with E-state index >= 15 is 0 Å². The smallest absolute Gasteiger partial charge is 0.164 e. The lowest BCUT2D eigenvalue weighted by atomic mass is 9.98. The SMILES string of the molecule is c1ccc(-c2nc(-c3cccc(-n4c5ccc6ccccc6c5c5cccc(-c6ccc7c(c6)oc6ccc8ccccc8c67)c54)c3)nc(-c3ccc4c(c3)oc3ccccc34)n2)cc1. The molecule has 302 valence electrons. The molecule has 0 aliphatic carbocycles. The molecule has 6 nitrogen and oxygen atoms in total. The second-order valence-corrected chi connectivity index (χ2v) is 16.7. The summed E-state index contributed by atoms with van der Waals surface area (Å²) < 4.78 is 15.3. The molecule has 0 saturated carbocycles. The lowest BCUT2D eigenvalue weighted by Crippen LogP contribution is -2.01. The first-order valence-electron chi connectivity index (χ1n) is 21.8. The Morgan fingerprint density at radius 2 is 0.892 bits per heavy atom. The van der Waals surface area contributed by atoms with Gasteiger partial charge in [-0.3, -0.25) is 0 Å². The summed E-state index contributed by atoms with van der Waals surface area (Å²) >= 11 is 0. The van der Waals surface area contributed by atoms with Crippen LogP contribution in [0.25, 0.3) is 138 Å². The first kappa shape index (κ1) is 35.7. The zero-order valence-electron chi connectivity index (χ0n) is 34.7. The second kappa shape index (κ2) is 13.8. The van der Waals surface area contributed by atoms with Gasteiger partial charge in [-0.15, -0.1) is 0 Å². The maximum absolute atomic E-state index is 6.62. The van der Waals surface area contributed by atoms with Crippen LogP contribution in [0.5, 0.6) is 0 Å². The molecule has 0 aliphatic heterocycles. The third kappa shape index (κ3) is 5.51. The van der Waals surface area contributed by atoms with Crippen LogP contribution in [-0.4, -0.2) is 19.5 Å². The molecule has 6 heteroatoms. The molecule has 0 fully saturated rings. The first-order valence-corrected chi connectivity index (χ1v) is 21.8. The molecule has 4 heterocycles. The molecule has 0 aliphatic rings. The lowest BCUT2D eigenvalue weighted by molar-refractivity contribution is 0.669. The summed E-state index contributed by atoms with van der Waals surface area (Å²) in [6, 6.07) is 72.2. The summed E-state index contributed by atoms with van der Waals surface area (Å²) in [6.45, 7) is 0. The molecular formula is C59H34N4O2. The van der Waals surface area contributed by atoms with Crippen molar-refractivity contribution < 1.29 is 8.83 Å². The van der Waals surface area contributed by atoms with Gasteiger partial charge >= 0.3 is 0 Å². The molecule has 65 heavy (non-hydrogen) atoms. The van der Waals surface area contributed by atoms with E-state index in [9.17, 15) is 0 Å². The molecule has 0 spiro atoms. The average Bonchev–Trinajstić information content (AvgIpc) is 4.06. The summed E-state index contributed by atoms with van der Waals surface area (Å²) in [5.74, 6) is 1.75. The largest absolute Gasteiger partial charge is 0.456 e. The van der Waals surface area contributed by atoms with Crippen LogP contribution in [-0.2, 0) is 0 Å². The van der Waals surface area contributed by atoms with E-state index in [0.717, 1.165) is 88.4 Å². The standard InChI is InChI=1S/C59H34N4O2/c1-2-14-37(15-3-1)57-60-58(62-59(61-57)40-25-28-46-45-20-8-9-23-50(45)64-52(46)34-40)39-16-10-17-41(32-39)63-49-30-26-35-12-4-6-18-42(35)54(49)48-22-11-21-44(56(48)63)38-24-29-47-53(33-38)65-51-31-27-36-13-5-7-19-43(36)55(47)51/h1-34H. The number of furan rings is 2. The maximum Gasteiger partial charge on any atom is 0.164 e. The third-order valence-corrected chi connectivity index (χ3v) is 13.0. The van der Waals surface area contributed by atoms with Gasteiger partial charge in [0.2, 0.25) is 0 Å². The summed E-state index contributed by atoms with van der Waals surface area (Å²) in [5.41, 5.74) is 11.4. The van der Waals surface area contributed by atoms with Crippen molar-refractivity contribution >= 4 is 87.2 Å². The molecule has 14 aromatic rings. The van der Waals surface area contributed by atoms with E-state index in [4.69, 9.17) is 23.8 Å². The monoisotopic (exact) mass is 830 g/mol. The molecule has 4 aromatic heterocycles. The van der Waals surface area contributed by atoms with Crippen LogP contribution < -0.4 is 0 Å². The molecule has 0 radical (unpaired) electrons. The van der Waals surface area contributed by atoms with Crippen molar-refractivity contribution in [3.63, 3.8) is 0 Å². The zero-order chi connectivity index (χ0) is 42.6. The van der Waals surface area contributed by atoms with Crippen molar-refractivity contribution in [3.8, 4) is 51.0 Å². The highest BCUT2D eigenvalue weighted by Crippen LogP contribution is 2.43. The fourth-order valence-corrected chi connectivity index (χ4v) is 10.1. The Labute approximate surface area is 371 Å². The van der Waals surface area contributed by atoms with Gasteiger partial charge in [-0.2, -0.15) is 0 Å². The number of benzene rings is 10. The van der Waals surface area contributed by atoms with Crippen LogP contribution >= 0.6 is 0 Å². The number of nitrogens with zero attached hydrogens (tertiary/aromatic N) is 4. The van der Waals surface area contributed by atoms with E-state index in [1.54, 1.807) is 0 Å². The van der Waals surface area contributed by atoms with Gasteiger partial charge in [0.25, 0.3) is 0 Å². The summed E-state index contributed by atoms with van der Waals surface area (Å²) in [6.07, 6.45) is 0. The number of hydrogen-bond donors (Lipinski definition) is 0. The van der Waals surface area contributed by atoms with Crippen LogP contribution in [0.4, 0.5) is 0 Å². The van der Waals surface area contributed by atoms with Crippen LogP contribution in [0.1, 0.15) is 0 Å². The highest BCUT2D eigenvalue weighted by atomic mass is 16.3.